The van der Waals surface area contributed by atoms with Gasteiger partial charge in [-0.05, 0) is 36.4 Å². The summed E-state index contributed by atoms with van der Waals surface area (Å²) in [6, 6.07) is 17.0. The predicted molar refractivity (Wildman–Crippen MR) is 134 cm³/mol. The topological polar surface area (TPSA) is 101 Å². The van der Waals surface area contributed by atoms with Crippen LogP contribution in [-0.4, -0.2) is 23.9 Å². The zero-order valence-electron chi connectivity index (χ0n) is 19.4. The molecule has 180 valence electrons. The van der Waals surface area contributed by atoms with E-state index in [1.807, 2.05) is 24.3 Å². The minimum Gasteiger partial charge on any atom is -0.508 e. The molecule has 0 saturated heterocycles. The van der Waals surface area contributed by atoms with Crippen LogP contribution in [0.3, 0.4) is 0 Å². The Kier molecular flexibility index (Phi) is 4.59. The lowest BCUT2D eigenvalue weighted by molar-refractivity contribution is 0.444. The number of anilines is 1. The number of hydrogen-bond donors (Lipinski definition) is 3. The van der Waals surface area contributed by atoms with Crippen molar-refractivity contribution in [3.05, 3.63) is 105 Å². The number of fused-ring (bicyclic) bond motifs is 5. The molecule has 0 aliphatic carbocycles. The molecule has 6 rings (SSSR count). The molecule has 1 aliphatic heterocycles. The van der Waals surface area contributed by atoms with Crippen molar-refractivity contribution in [3.63, 3.8) is 0 Å². The third kappa shape index (κ3) is 2.86. The molecule has 1 atom stereocenters. The smallest absolute Gasteiger partial charge is 0.331 e. The van der Waals surface area contributed by atoms with E-state index in [0.717, 1.165) is 4.57 Å². The number of benzene rings is 3. The van der Waals surface area contributed by atoms with Gasteiger partial charge >= 0.3 is 5.69 Å². The first kappa shape index (κ1) is 21.7. The van der Waals surface area contributed by atoms with Crippen LogP contribution in [0.5, 0.6) is 11.5 Å². The van der Waals surface area contributed by atoms with Crippen molar-refractivity contribution in [2.75, 3.05) is 5.32 Å². The molecule has 0 saturated carbocycles. The Hall–Kier alpha value is -4.79. The van der Waals surface area contributed by atoms with Crippen LogP contribution in [0.2, 0.25) is 0 Å². The van der Waals surface area contributed by atoms with Gasteiger partial charge in [-0.15, -0.1) is 0 Å². The summed E-state index contributed by atoms with van der Waals surface area (Å²) in [6.45, 7) is 0. The van der Waals surface area contributed by atoms with Gasteiger partial charge in [0, 0.05) is 31.3 Å². The molecule has 36 heavy (non-hydrogen) atoms. The molecule has 5 aromatic rings. The molecule has 0 spiro atoms. The van der Waals surface area contributed by atoms with Gasteiger partial charge in [-0.3, -0.25) is 13.9 Å². The number of aryl methyl sites for hydroxylation is 1. The van der Waals surface area contributed by atoms with Crippen LogP contribution < -0.4 is 16.6 Å². The largest absolute Gasteiger partial charge is 0.508 e. The number of nitrogens with one attached hydrogen (secondary N) is 1. The molecule has 0 unspecified atom stereocenters. The first-order chi connectivity index (χ1) is 17.3. The van der Waals surface area contributed by atoms with E-state index in [0.29, 0.717) is 33.8 Å². The normalized spacial score (nSPS) is 14.4. The van der Waals surface area contributed by atoms with Crippen LogP contribution in [0.25, 0.3) is 27.8 Å². The van der Waals surface area contributed by atoms with Crippen molar-refractivity contribution in [1.82, 2.24) is 13.7 Å². The fourth-order valence-corrected chi connectivity index (χ4v) is 5.14. The Morgan fingerprint density at radius 3 is 2.39 bits per heavy atom. The molecule has 0 fully saturated rings. The van der Waals surface area contributed by atoms with E-state index in [2.05, 4.69) is 5.32 Å². The summed E-state index contributed by atoms with van der Waals surface area (Å²) in [7, 11) is 2.95. The number of aromatic nitrogens is 3. The minimum absolute atomic E-state index is 0.110. The number of nitrogens with zero attached hydrogens (tertiary/aromatic N) is 3. The van der Waals surface area contributed by atoms with E-state index >= 15 is 4.39 Å². The van der Waals surface area contributed by atoms with Gasteiger partial charge in [0.25, 0.3) is 5.56 Å². The molecular formula is C27H21FN4O4. The summed E-state index contributed by atoms with van der Waals surface area (Å²) in [5, 5.41) is 24.2. The number of phenols is 2. The predicted octanol–water partition coefficient (Wildman–Crippen LogP) is 3.76. The van der Waals surface area contributed by atoms with Gasteiger partial charge in [0.05, 0.1) is 39.7 Å². The second-order valence-corrected chi connectivity index (χ2v) is 8.82. The summed E-state index contributed by atoms with van der Waals surface area (Å²) in [5.41, 5.74) is 1.99. The average molecular weight is 484 g/mol. The Labute approximate surface area is 203 Å². The molecule has 0 bridgehead atoms. The number of rotatable bonds is 2. The highest BCUT2D eigenvalue weighted by atomic mass is 19.1. The van der Waals surface area contributed by atoms with E-state index < -0.39 is 23.1 Å². The zero-order chi connectivity index (χ0) is 25.3. The Morgan fingerprint density at radius 2 is 1.64 bits per heavy atom. The third-order valence-corrected chi connectivity index (χ3v) is 6.78. The SMILES string of the molecule is Cn1c(=O)c2c(-c3ccccc3F)n3c(c2n(C)c1=O)[C@@H](c1ccc(O)cc1O)Nc1ccccc1-3. The highest BCUT2D eigenvalue weighted by Gasteiger charge is 2.36. The lowest BCUT2D eigenvalue weighted by Crippen LogP contribution is -2.37. The van der Waals surface area contributed by atoms with Crippen molar-refractivity contribution in [2.24, 2.45) is 14.1 Å². The van der Waals surface area contributed by atoms with Crippen molar-refractivity contribution in [3.8, 4) is 28.4 Å². The second kappa shape index (κ2) is 7.61. The maximum absolute atomic E-state index is 15.3. The molecule has 3 N–H and O–H groups in total. The summed E-state index contributed by atoms with van der Waals surface area (Å²) in [4.78, 5) is 26.6. The highest BCUT2D eigenvalue weighted by molar-refractivity contribution is 5.99. The minimum atomic E-state index is -0.735. The molecule has 0 radical (unpaired) electrons. The van der Waals surface area contributed by atoms with Crippen LogP contribution in [0, 0.1) is 5.82 Å². The number of para-hydroxylation sites is 2. The van der Waals surface area contributed by atoms with E-state index in [-0.39, 0.29) is 22.4 Å². The standard InChI is InChI=1S/C27H21FN4O4/c1-30-24-21(26(35)31(2)27(30)36)23(15-7-3-4-8-17(15)28)32-19-10-6-5-9-18(19)29-22(25(24)32)16-12-11-14(33)13-20(16)34/h3-13,22,29,33-34H,1-2H3/t22-/m1/s1. The van der Waals surface area contributed by atoms with Crippen molar-refractivity contribution in [2.45, 2.75) is 6.04 Å². The Bertz CT molecular complexity index is 1830. The molecule has 2 aromatic heterocycles. The van der Waals surface area contributed by atoms with Gasteiger partial charge in [-0.2, -0.15) is 0 Å². The van der Waals surface area contributed by atoms with Gasteiger partial charge in [-0.25, -0.2) is 9.18 Å². The highest BCUT2D eigenvalue weighted by Crippen LogP contribution is 2.47. The second-order valence-electron chi connectivity index (χ2n) is 8.82. The number of halogens is 1. The summed E-state index contributed by atoms with van der Waals surface area (Å²) in [6.07, 6.45) is 0. The van der Waals surface area contributed by atoms with Gasteiger partial charge in [0.1, 0.15) is 17.3 Å². The van der Waals surface area contributed by atoms with Gasteiger partial charge < -0.3 is 20.1 Å². The van der Waals surface area contributed by atoms with Crippen LogP contribution in [-0.2, 0) is 14.1 Å². The average Bonchev–Trinajstić information content (AvgIpc) is 3.23. The third-order valence-electron chi connectivity index (χ3n) is 6.78. The van der Waals surface area contributed by atoms with Gasteiger partial charge in [-0.1, -0.05) is 24.3 Å². The number of aromatic hydroxyl groups is 2. The van der Waals surface area contributed by atoms with Crippen LogP contribution in [0.15, 0.2) is 76.3 Å². The molecule has 3 aromatic carbocycles. The summed E-state index contributed by atoms with van der Waals surface area (Å²) < 4.78 is 19.5. The van der Waals surface area contributed by atoms with Crippen molar-refractivity contribution < 1.29 is 14.6 Å². The van der Waals surface area contributed by atoms with E-state index in [4.69, 9.17) is 0 Å². The maximum atomic E-state index is 15.3. The first-order valence-corrected chi connectivity index (χ1v) is 11.3. The number of hydrogen-bond acceptors (Lipinski definition) is 5. The van der Waals surface area contributed by atoms with E-state index in [1.54, 1.807) is 35.9 Å². The molecule has 0 amide bonds. The Balaban J connectivity index is 1.89. The lowest BCUT2D eigenvalue weighted by atomic mass is 9.98. The monoisotopic (exact) mass is 484 g/mol. The van der Waals surface area contributed by atoms with Gasteiger partial charge in [0.2, 0.25) is 0 Å². The summed E-state index contributed by atoms with van der Waals surface area (Å²) >= 11 is 0. The molecule has 1 aliphatic rings. The van der Waals surface area contributed by atoms with E-state index in [1.165, 1.54) is 29.8 Å². The van der Waals surface area contributed by atoms with Crippen molar-refractivity contribution >= 4 is 16.6 Å². The van der Waals surface area contributed by atoms with Crippen molar-refractivity contribution in [1.29, 1.82) is 0 Å². The molecule has 9 heteroatoms. The quantitative estimate of drug-likeness (QED) is 0.354. The molecular weight excluding hydrogens is 463 g/mol. The lowest BCUT2D eigenvalue weighted by Gasteiger charge is -2.31. The number of phenolic OH excluding ortho intramolecular Hbond substituents is 2. The molecule has 3 heterocycles. The van der Waals surface area contributed by atoms with E-state index in [9.17, 15) is 19.8 Å². The molecule has 8 nitrogen and oxygen atoms in total. The van der Waals surface area contributed by atoms with Crippen LogP contribution in [0.4, 0.5) is 10.1 Å². The van der Waals surface area contributed by atoms with Crippen LogP contribution in [0.1, 0.15) is 17.3 Å². The summed E-state index contributed by atoms with van der Waals surface area (Å²) in [5.74, 6) is -0.800. The first-order valence-electron chi connectivity index (χ1n) is 11.3. The fraction of sp³-hybridized carbons (Fsp3) is 0.111. The van der Waals surface area contributed by atoms with Gasteiger partial charge in [0.15, 0.2) is 0 Å². The Morgan fingerprint density at radius 1 is 0.917 bits per heavy atom. The van der Waals surface area contributed by atoms with Crippen LogP contribution >= 0.6 is 0 Å². The fourth-order valence-electron chi connectivity index (χ4n) is 5.14. The maximum Gasteiger partial charge on any atom is 0.331 e. The zero-order valence-corrected chi connectivity index (χ0v) is 19.4.